The van der Waals surface area contributed by atoms with E-state index in [-0.39, 0.29) is 11.4 Å². The number of benzene rings is 2. The van der Waals surface area contributed by atoms with Crippen LogP contribution in [0.25, 0.3) is 30.9 Å². The molecule has 0 aliphatic rings. The van der Waals surface area contributed by atoms with Crippen molar-refractivity contribution < 1.29 is 19.1 Å². The van der Waals surface area contributed by atoms with Crippen LogP contribution in [0, 0.1) is 13.8 Å². The van der Waals surface area contributed by atoms with Crippen molar-refractivity contribution in [3.63, 3.8) is 0 Å². The summed E-state index contributed by atoms with van der Waals surface area (Å²) in [5, 5.41) is 1.31. The first-order chi connectivity index (χ1) is 15.4. The van der Waals surface area contributed by atoms with E-state index < -0.39 is 11.9 Å². The van der Waals surface area contributed by atoms with Gasteiger partial charge in [-0.15, -0.1) is 22.7 Å². The SMILES string of the molecule is COC(=O)c1nc(-c2ccc(C)cc2)sc1-c1sc(-c2ccc(C)cc2)nc1C(=O)OC. The van der Waals surface area contributed by atoms with Crippen molar-refractivity contribution in [2.24, 2.45) is 0 Å². The number of carbonyl (C=O) groups is 2. The zero-order valence-corrected chi connectivity index (χ0v) is 19.6. The summed E-state index contributed by atoms with van der Waals surface area (Å²) < 4.78 is 9.94. The summed E-state index contributed by atoms with van der Waals surface area (Å²) in [6, 6.07) is 15.7. The predicted molar refractivity (Wildman–Crippen MR) is 126 cm³/mol. The first-order valence-electron chi connectivity index (χ1n) is 9.74. The average Bonchev–Trinajstić information content (AvgIpc) is 3.44. The molecule has 2 aromatic heterocycles. The molecular formula is C24H20N2O4S2. The lowest BCUT2D eigenvalue weighted by molar-refractivity contribution is 0.0584. The van der Waals surface area contributed by atoms with Gasteiger partial charge in [-0.05, 0) is 13.8 Å². The van der Waals surface area contributed by atoms with Gasteiger partial charge < -0.3 is 9.47 Å². The molecule has 0 spiro atoms. The monoisotopic (exact) mass is 464 g/mol. The van der Waals surface area contributed by atoms with E-state index >= 15 is 0 Å². The molecule has 2 aromatic carbocycles. The summed E-state index contributed by atoms with van der Waals surface area (Å²) in [4.78, 5) is 35.3. The van der Waals surface area contributed by atoms with Gasteiger partial charge in [0, 0.05) is 11.1 Å². The summed E-state index contributed by atoms with van der Waals surface area (Å²) in [5.74, 6) is -1.15. The van der Waals surface area contributed by atoms with Crippen LogP contribution in [0.1, 0.15) is 32.1 Å². The van der Waals surface area contributed by atoms with Crippen LogP contribution in [0.2, 0.25) is 0 Å². The molecule has 4 rings (SSSR count). The van der Waals surface area contributed by atoms with E-state index in [0.29, 0.717) is 19.8 Å². The standard InChI is InChI=1S/C24H20N2O4S2/c1-13-5-9-15(10-6-13)21-25-17(23(27)29-3)19(31-21)20-18(24(28)30-4)26-22(32-20)16-11-7-14(2)8-12-16/h5-12H,1-4H3. The maximum Gasteiger partial charge on any atom is 0.358 e. The minimum Gasteiger partial charge on any atom is -0.464 e. The molecule has 2 heterocycles. The molecule has 0 N–H and O–H groups in total. The Labute approximate surface area is 193 Å². The Hall–Kier alpha value is -3.36. The number of thiazole rings is 2. The second kappa shape index (κ2) is 9.02. The molecule has 0 fully saturated rings. The van der Waals surface area contributed by atoms with Crippen LogP contribution in [0.15, 0.2) is 48.5 Å². The van der Waals surface area contributed by atoms with Crippen LogP contribution < -0.4 is 0 Å². The highest BCUT2D eigenvalue weighted by atomic mass is 32.1. The van der Waals surface area contributed by atoms with E-state index in [0.717, 1.165) is 22.3 Å². The Balaban J connectivity index is 1.90. The number of methoxy groups -OCH3 is 2. The second-order valence-corrected chi connectivity index (χ2v) is 9.11. The highest BCUT2D eigenvalue weighted by Gasteiger charge is 2.28. The van der Waals surface area contributed by atoms with Gasteiger partial charge in [0.2, 0.25) is 0 Å². The number of rotatable bonds is 5. The summed E-state index contributed by atoms with van der Waals surface area (Å²) >= 11 is 2.64. The molecule has 0 aliphatic carbocycles. The van der Waals surface area contributed by atoms with Gasteiger partial charge in [0.1, 0.15) is 10.0 Å². The number of carbonyl (C=O) groups excluding carboxylic acids is 2. The fourth-order valence-corrected chi connectivity index (χ4v) is 5.31. The molecule has 0 amide bonds. The molecule has 6 nitrogen and oxygen atoms in total. The number of esters is 2. The molecule has 0 saturated heterocycles. The quantitative estimate of drug-likeness (QED) is 0.348. The van der Waals surface area contributed by atoms with Crippen LogP contribution in [-0.4, -0.2) is 36.1 Å². The number of aryl methyl sites for hydroxylation is 2. The van der Waals surface area contributed by atoms with E-state index in [9.17, 15) is 9.59 Å². The summed E-state index contributed by atoms with van der Waals surface area (Å²) in [6.45, 7) is 4.01. The summed E-state index contributed by atoms with van der Waals surface area (Å²) in [5.41, 5.74) is 4.29. The van der Waals surface area contributed by atoms with Crippen LogP contribution in [0.5, 0.6) is 0 Å². The second-order valence-electron chi connectivity index (χ2n) is 7.11. The average molecular weight is 465 g/mol. The van der Waals surface area contributed by atoms with E-state index in [2.05, 4.69) is 9.97 Å². The van der Waals surface area contributed by atoms with Gasteiger partial charge >= 0.3 is 11.9 Å². The number of ether oxygens (including phenoxy) is 2. The first-order valence-corrected chi connectivity index (χ1v) is 11.4. The number of aromatic nitrogens is 2. The van der Waals surface area contributed by atoms with Gasteiger partial charge in [0.25, 0.3) is 0 Å². The molecular weight excluding hydrogens is 444 g/mol. The fraction of sp³-hybridized carbons (Fsp3) is 0.167. The zero-order valence-electron chi connectivity index (χ0n) is 18.0. The Morgan fingerprint density at radius 1 is 0.656 bits per heavy atom. The lowest BCUT2D eigenvalue weighted by atomic mass is 10.1. The van der Waals surface area contributed by atoms with Crippen LogP contribution in [0.4, 0.5) is 0 Å². The molecule has 4 aromatic rings. The summed E-state index contributed by atoms with van der Waals surface area (Å²) in [6.07, 6.45) is 0. The van der Waals surface area contributed by atoms with Gasteiger partial charge in [-0.3, -0.25) is 0 Å². The van der Waals surface area contributed by atoms with Crippen molar-refractivity contribution in [3.05, 3.63) is 71.0 Å². The van der Waals surface area contributed by atoms with Gasteiger partial charge in [0.15, 0.2) is 11.4 Å². The number of hydrogen-bond acceptors (Lipinski definition) is 8. The Kier molecular flexibility index (Phi) is 6.16. The van der Waals surface area contributed by atoms with Gasteiger partial charge in [0.05, 0.1) is 24.0 Å². The Bertz CT molecular complexity index is 1190. The van der Waals surface area contributed by atoms with Crippen molar-refractivity contribution in [2.45, 2.75) is 13.8 Å². The number of nitrogens with zero attached hydrogens (tertiary/aromatic N) is 2. The third-order valence-electron chi connectivity index (χ3n) is 4.82. The zero-order chi connectivity index (χ0) is 22.8. The Morgan fingerprint density at radius 3 is 1.31 bits per heavy atom. The van der Waals surface area contributed by atoms with Gasteiger partial charge in [-0.1, -0.05) is 59.7 Å². The molecule has 32 heavy (non-hydrogen) atoms. The molecule has 0 radical (unpaired) electrons. The predicted octanol–water partition coefficient (Wildman–Crippen LogP) is 5.79. The lowest BCUT2D eigenvalue weighted by Gasteiger charge is -2.00. The first kappa shape index (κ1) is 21.9. The molecule has 8 heteroatoms. The molecule has 0 bridgehead atoms. The maximum absolute atomic E-state index is 12.6. The van der Waals surface area contributed by atoms with Crippen molar-refractivity contribution in [2.75, 3.05) is 14.2 Å². The fourth-order valence-electron chi connectivity index (χ4n) is 3.06. The van der Waals surface area contributed by atoms with Crippen molar-refractivity contribution >= 4 is 34.6 Å². The molecule has 0 atom stereocenters. The number of hydrogen-bond donors (Lipinski definition) is 0. The molecule has 0 aliphatic heterocycles. The normalized spacial score (nSPS) is 10.8. The highest BCUT2D eigenvalue weighted by Crippen LogP contribution is 2.43. The third kappa shape index (κ3) is 4.19. The molecule has 0 saturated carbocycles. The Morgan fingerprint density at radius 2 is 1.00 bits per heavy atom. The van der Waals surface area contributed by atoms with Crippen LogP contribution in [0.3, 0.4) is 0 Å². The minimum atomic E-state index is -0.573. The largest absolute Gasteiger partial charge is 0.464 e. The van der Waals surface area contributed by atoms with E-state index in [1.54, 1.807) is 0 Å². The molecule has 162 valence electrons. The van der Waals surface area contributed by atoms with E-state index in [4.69, 9.17) is 9.47 Å². The highest BCUT2D eigenvalue weighted by molar-refractivity contribution is 7.25. The van der Waals surface area contributed by atoms with Crippen molar-refractivity contribution in [3.8, 4) is 30.9 Å². The van der Waals surface area contributed by atoms with E-state index in [1.807, 2.05) is 62.4 Å². The lowest BCUT2D eigenvalue weighted by Crippen LogP contribution is -2.06. The molecule has 0 unspecified atom stereocenters. The van der Waals surface area contributed by atoms with Crippen LogP contribution >= 0.6 is 22.7 Å². The van der Waals surface area contributed by atoms with Gasteiger partial charge in [-0.25, -0.2) is 19.6 Å². The van der Waals surface area contributed by atoms with Gasteiger partial charge in [-0.2, -0.15) is 0 Å². The van der Waals surface area contributed by atoms with Crippen molar-refractivity contribution in [1.29, 1.82) is 0 Å². The third-order valence-corrected chi connectivity index (χ3v) is 7.19. The topological polar surface area (TPSA) is 78.4 Å². The minimum absolute atomic E-state index is 0.150. The maximum atomic E-state index is 12.6. The van der Waals surface area contributed by atoms with Crippen molar-refractivity contribution in [1.82, 2.24) is 9.97 Å². The summed E-state index contributed by atoms with van der Waals surface area (Å²) in [7, 11) is 2.62. The smallest absolute Gasteiger partial charge is 0.358 e. The van der Waals surface area contributed by atoms with E-state index in [1.165, 1.54) is 36.9 Å². The van der Waals surface area contributed by atoms with Crippen LogP contribution in [-0.2, 0) is 9.47 Å².